The van der Waals surface area contributed by atoms with E-state index in [1.807, 2.05) is 19.2 Å². The minimum atomic E-state index is -0.000223. The number of amides is 2. The normalized spacial score (nSPS) is 23.8. The fraction of sp³-hybridized carbons (Fsp3) is 0.467. The highest BCUT2D eigenvalue weighted by molar-refractivity contribution is 6.02. The average Bonchev–Trinajstić information content (AvgIpc) is 2.92. The van der Waals surface area contributed by atoms with Crippen LogP contribution in [0, 0.1) is 11.8 Å². The Labute approximate surface area is 112 Å². The van der Waals surface area contributed by atoms with Crippen LogP contribution < -0.4 is 5.32 Å². The number of rotatable bonds is 3. The molecule has 2 unspecified atom stereocenters. The van der Waals surface area contributed by atoms with E-state index in [0.717, 1.165) is 23.7 Å². The lowest BCUT2D eigenvalue weighted by Gasteiger charge is -2.17. The average molecular weight is 258 g/mol. The molecule has 4 nitrogen and oxygen atoms in total. The Morgan fingerprint density at radius 3 is 2.89 bits per heavy atom. The number of nitrogens with zero attached hydrogens (tertiary/aromatic N) is 1. The van der Waals surface area contributed by atoms with Crippen LogP contribution >= 0.6 is 0 Å². The molecule has 1 aromatic carbocycles. The molecule has 2 amide bonds. The van der Waals surface area contributed by atoms with E-state index in [1.54, 1.807) is 11.0 Å². The van der Waals surface area contributed by atoms with Gasteiger partial charge in [0.1, 0.15) is 0 Å². The SMILES string of the molecule is CC1CC1CN(C)C(=O)c1ccc2c(c1)NC(=O)C2. The molecular formula is C15H18N2O2. The topological polar surface area (TPSA) is 49.4 Å². The van der Waals surface area contributed by atoms with Crippen molar-refractivity contribution in [2.75, 3.05) is 18.9 Å². The molecule has 3 rings (SSSR count). The van der Waals surface area contributed by atoms with Crippen LogP contribution in [-0.2, 0) is 11.2 Å². The van der Waals surface area contributed by atoms with Crippen molar-refractivity contribution in [2.45, 2.75) is 19.8 Å². The lowest BCUT2D eigenvalue weighted by atomic mass is 10.1. The number of hydrogen-bond acceptors (Lipinski definition) is 2. The zero-order chi connectivity index (χ0) is 13.6. The molecule has 2 aliphatic rings. The van der Waals surface area contributed by atoms with Gasteiger partial charge in [0, 0.05) is 24.8 Å². The number of hydrogen-bond donors (Lipinski definition) is 1. The molecule has 1 N–H and O–H groups in total. The second-order valence-corrected chi connectivity index (χ2v) is 5.76. The van der Waals surface area contributed by atoms with E-state index in [9.17, 15) is 9.59 Å². The van der Waals surface area contributed by atoms with Crippen LogP contribution in [0.15, 0.2) is 18.2 Å². The van der Waals surface area contributed by atoms with Gasteiger partial charge in [-0.25, -0.2) is 0 Å². The third kappa shape index (κ3) is 2.35. The molecular weight excluding hydrogens is 240 g/mol. The van der Waals surface area contributed by atoms with Crippen molar-refractivity contribution in [1.29, 1.82) is 0 Å². The van der Waals surface area contributed by atoms with Gasteiger partial charge in [0.05, 0.1) is 6.42 Å². The lowest BCUT2D eigenvalue weighted by Crippen LogP contribution is -2.29. The van der Waals surface area contributed by atoms with Crippen LogP contribution in [0.3, 0.4) is 0 Å². The summed E-state index contributed by atoms with van der Waals surface area (Å²) < 4.78 is 0. The molecule has 100 valence electrons. The summed E-state index contributed by atoms with van der Waals surface area (Å²) in [6.07, 6.45) is 1.64. The summed E-state index contributed by atoms with van der Waals surface area (Å²) in [4.78, 5) is 25.4. The fourth-order valence-corrected chi connectivity index (χ4v) is 2.66. The zero-order valence-electron chi connectivity index (χ0n) is 11.3. The van der Waals surface area contributed by atoms with Crippen LogP contribution in [0.1, 0.15) is 29.3 Å². The minimum absolute atomic E-state index is 0.000223. The second kappa shape index (κ2) is 4.37. The van der Waals surface area contributed by atoms with E-state index in [4.69, 9.17) is 0 Å². The van der Waals surface area contributed by atoms with E-state index >= 15 is 0 Å². The van der Waals surface area contributed by atoms with E-state index in [2.05, 4.69) is 12.2 Å². The smallest absolute Gasteiger partial charge is 0.253 e. The summed E-state index contributed by atoms with van der Waals surface area (Å²) in [6.45, 7) is 3.04. The molecule has 1 saturated carbocycles. The molecule has 0 bridgehead atoms. The van der Waals surface area contributed by atoms with Gasteiger partial charge in [-0.1, -0.05) is 13.0 Å². The molecule has 2 atom stereocenters. The van der Waals surface area contributed by atoms with E-state index in [-0.39, 0.29) is 11.8 Å². The lowest BCUT2D eigenvalue weighted by molar-refractivity contribution is -0.115. The van der Waals surface area contributed by atoms with Crippen molar-refractivity contribution in [1.82, 2.24) is 4.90 Å². The maximum Gasteiger partial charge on any atom is 0.253 e. The summed E-state index contributed by atoms with van der Waals surface area (Å²) in [7, 11) is 1.85. The standard InChI is InChI=1S/C15H18N2O2/c1-9-5-12(9)8-17(2)15(19)11-4-3-10-7-14(18)16-13(10)6-11/h3-4,6,9,12H,5,7-8H2,1-2H3,(H,16,18). The third-order valence-electron chi connectivity index (χ3n) is 4.11. The Balaban J connectivity index is 1.73. The predicted octanol–water partition coefficient (Wildman–Crippen LogP) is 1.91. The molecule has 1 fully saturated rings. The first-order valence-electron chi connectivity index (χ1n) is 6.73. The van der Waals surface area contributed by atoms with Crippen molar-refractivity contribution in [3.8, 4) is 0 Å². The van der Waals surface area contributed by atoms with E-state index < -0.39 is 0 Å². The number of fused-ring (bicyclic) bond motifs is 1. The zero-order valence-corrected chi connectivity index (χ0v) is 11.3. The summed E-state index contributed by atoms with van der Waals surface area (Å²) in [6, 6.07) is 5.47. The van der Waals surface area contributed by atoms with Crippen molar-refractivity contribution in [3.05, 3.63) is 29.3 Å². The Kier molecular flexibility index (Phi) is 2.81. The van der Waals surface area contributed by atoms with Gasteiger partial charge in [-0.3, -0.25) is 9.59 Å². The maximum atomic E-state index is 12.3. The van der Waals surface area contributed by atoms with Gasteiger partial charge >= 0.3 is 0 Å². The van der Waals surface area contributed by atoms with Crippen molar-refractivity contribution < 1.29 is 9.59 Å². The summed E-state index contributed by atoms with van der Waals surface area (Å²) in [5, 5.41) is 2.78. The number of nitrogens with one attached hydrogen (secondary N) is 1. The number of anilines is 1. The number of benzene rings is 1. The molecule has 0 aromatic heterocycles. The Morgan fingerprint density at radius 1 is 1.47 bits per heavy atom. The first kappa shape index (κ1) is 12.2. The Morgan fingerprint density at radius 2 is 2.21 bits per heavy atom. The van der Waals surface area contributed by atoms with Gasteiger partial charge in [-0.15, -0.1) is 0 Å². The summed E-state index contributed by atoms with van der Waals surface area (Å²) in [5.74, 6) is 1.43. The Bertz CT molecular complexity index is 553. The van der Waals surface area contributed by atoms with Crippen LogP contribution in [0.4, 0.5) is 5.69 Å². The van der Waals surface area contributed by atoms with Gasteiger partial charge < -0.3 is 10.2 Å². The molecule has 0 radical (unpaired) electrons. The molecule has 0 spiro atoms. The van der Waals surface area contributed by atoms with Crippen LogP contribution in [0.5, 0.6) is 0 Å². The van der Waals surface area contributed by atoms with Crippen LogP contribution in [0.25, 0.3) is 0 Å². The highest BCUT2D eigenvalue weighted by Crippen LogP contribution is 2.38. The quantitative estimate of drug-likeness (QED) is 0.900. The fourth-order valence-electron chi connectivity index (χ4n) is 2.66. The van der Waals surface area contributed by atoms with E-state index in [1.165, 1.54) is 6.42 Å². The Hall–Kier alpha value is -1.84. The van der Waals surface area contributed by atoms with Crippen molar-refractivity contribution >= 4 is 17.5 Å². The van der Waals surface area contributed by atoms with Crippen molar-refractivity contribution in [3.63, 3.8) is 0 Å². The highest BCUT2D eigenvalue weighted by atomic mass is 16.2. The van der Waals surface area contributed by atoms with Gasteiger partial charge in [-0.05, 0) is 36.0 Å². The van der Waals surface area contributed by atoms with Crippen molar-refractivity contribution in [2.24, 2.45) is 11.8 Å². The van der Waals surface area contributed by atoms with Gasteiger partial charge in [0.2, 0.25) is 5.91 Å². The predicted molar refractivity (Wildman–Crippen MR) is 73.0 cm³/mol. The molecule has 1 aromatic rings. The number of carbonyl (C=O) groups is 2. The van der Waals surface area contributed by atoms with Gasteiger partial charge in [-0.2, -0.15) is 0 Å². The van der Waals surface area contributed by atoms with Gasteiger partial charge in [0.25, 0.3) is 5.91 Å². The second-order valence-electron chi connectivity index (χ2n) is 5.76. The minimum Gasteiger partial charge on any atom is -0.341 e. The first-order valence-corrected chi connectivity index (χ1v) is 6.73. The third-order valence-corrected chi connectivity index (χ3v) is 4.11. The largest absolute Gasteiger partial charge is 0.341 e. The first-order chi connectivity index (χ1) is 9.04. The summed E-state index contributed by atoms with van der Waals surface area (Å²) in [5.41, 5.74) is 2.40. The monoisotopic (exact) mass is 258 g/mol. The van der Waals surface area contributed by atoms with Crippen LogP contribution in [-0.4, -0.2) is 30.3 Å². The van der Waals surface area contributed by atoms with E-state index in [0.29, 0.717) is 17.9 Å². The molecule has 1 aliphatic heterocycles. The molecule has 1 heterocycles. The molecule has 0 saturated heterocycles. The van der Waals surface area contributed by atoms with Crippen LogP contribution in [0.2, 0.25) is 0 Å². The highest BCUT2D eigenvalue weighted by Gasteiger charge is 2.34. The molecule has 1 aliphatic carbocycles. The molecule has 4 heteroatoms. The van der Waals surface area contributed by atoms with Gasteiger partial charge in [0.15, 0.2) is 0 Å². The maximum absolute atomic E-state index is 12.3. The molecule has 19 heavy (non-hydrogen) atoms. The number of carbonyl (C=O) groups excluding carboxylic acids is 2. The summed E-state index contributed by atoms with van der Waals surface area (Å²) >= 11 is 0.